The molecule has 0 amide bonds. The van der Waals surface area contributed by atoms with Gasteiger partial charge in [-0.25, -0.2) is 4.98 Å². The molecule has 0 bridgehead atoms. The van der Waals surface area contributed by atoms with Gasteiger partial charge < -0.3 is 5.32 Å². The van der Waals surface area contributed by atoms with E-state index in [0.29, 0.717) is 11.0 Å². The molecular formula is C11H7Br2ClN2. The summed E-state index contributed by atoms with van der Waals surface area (Å²) in [5, 5.41) is 3.65. The fourth-order valence-electron chi connectivity index (χ4n) is 1.21. The second-order valence-electron chi connectivity index (χ2n) is 3.09. The maximum atomic E-state index is 5.81. The van der Waals surface area contributed by atoms with Crippen LogP contribution >= 0.6 is 43.5 Å². The lowest BCUT2D eigenvalue weighted by atomic mass is 10.3. The van der Waals surface area contributed by atoms with E-state index in [-0.39, 0.29) is 0 Å². The molecule has 5 heteroatoms. The lowest BCUT2D eigenvalue weighted by Gasteiger charge is -2.08. The van der Waals surface area contributed by atoms with Gasteiger partial charge in [-0.2, -0.15) is 0 Å². The fourth-order valence-corrected chi connectivity index (χ4v) is 2.08. The van der Waals surface area contributed by atoms with Gasteiger partial charge in [-0.15, -0.1) is 0 Å². The Hall–Kier alpha value is -0.580. The van der Waals surface area contributed by atoms with Gasteiger partial charge >= 0.3 is 0 Å². The van der Waals surface area contributed by atoms with Crippen molar-refractivity contribution in [3.05, 3.63) is 50.5 Å². The van der Waals surface area contributed by atoms with Gasteiger partial charge in [-0.1, -0.05) is 33.6 Å². The van der Waals surface area contributed by atoms with Crippen LogP contribution in [0, 0.1) is 0 Å². The molecule has 2 rings (SSSR count). The quantitative estimate of drug-likeness (QED) is 0.760. The largest absolute Gasteiger partial charge is 0.339 e. The van der Waals surface area contributed by atoms with Crippen molar-refractivity contribution in [2.75, 3.05) is 5.32 Å². The van der Waals surface area contributed by atoms with E-state index in [1.165, 1.54) is 0 Å². The highest BCUT2D eigenvalue weighted by molar-refractivity contribution is 9.11. The molecular weight excluding hydrogens is 355 g/mol. The molecule has 2 aromatic rings. The lowest BCUT2D eigenvalue weighted by molar-refractivity contribution is 1.30. The Morgan fingerprint density at radius 1 is 1.12 bits per heavy atom. The van der Waals surface area contributed by atoms with Gasteiger partial charge in [0.25, 0.3) is 0 Å². The van der Waals surface area contributed by atoms with E-state index in [1.807, 2.05) is 30.3 Å². The average Bonchev–Trinajstić information content (AvgIpc) is 2.24. The third-order valence-corrected chi connectivity index (χ3v) is 3.30. The molecule has 2 nitrogen and oxygen atoms in total. The van der Waals surface area contributed by atoms with Crippen molar-refractivity contribution < 1.29 is 0 Å². The van der Waals surface area contributed by atoms with E-state index in [9.17, 15) is 0 Å². The summed E-state index contributed by atoms with van der Waals surface area (Å²) >= 11 is 12.7. The molecule has 0 unspecified atom stereocenters. The van der Waals surface area contributed by atoms with Gasteiger partial charge in [-0.05, 0) is 46.3 Å². The summed E-state index contributed by atoms with van der Waals surface area (Å²) in [6, 6.07) is 11.3. The Kier molecular flexibility index (Phi) is 3.84. The van der Waals surface area contributed by atoms with E-state index in [1.54, 1.807) is 6.07 Å². The van der Waals surface area contributed by atoms with Gasteiger partial charge in [0.1, 0.15) is 11.0 Å². The molecule has 0 atom stereocenters. The number of anilines is 2. The third kappa shape index (κ3) is 2.97. The van der Waals surface area contributed by atoms with E-state index in [0.717, 1.165) is 14.6 Å². The highest BCUT2D eigenvalue weighted by Gasteiger charge is 2.02. The van der Waals surface area contributed by atoms with E-state index >= 15 is 0 Å². The summed E-state index contributed by atoms with van der Waals surface area (Å²) < 4.78 is 1.97. The first-order chi connectivity index (χ1) is 7.65. The zero-order chi connectivity index (χ0) is 11.5. The summed E-state index contributed by atoms with van der Waals surface area (Å²) in [6.45, 7) is 0. The molecule has 82 valence electrons. The van der Waals surface area contributed by atoms with Crippen molar-refractivity contribution in [1.29, 1.82) is 0 Å². The molecule has 1 N–H and O–H groups in total. The minimum absolute atomic E-state index is 0.469. The summed E-state index contributed by atoms with van der Waals surface area (Å²) in [5.74, 6) is 0.714. The zero-order valence-corrected chi connectivity index (χ0v) is 12.0. The molecule has 0 saturated heterocycles. The predicted octanol–water partition coefficient (Wildman–Crippen LogP) is 5.00. The first-order valence-corrected chi connectivity index (χ1v) is 6.46. The second kappa shape index (κ2) is 5.17. The molecule has 0 aliphatic heterocycles. The van der Waals surface area contributed by atoms with Crippen molar-refractivity contribution in [1.82, 2.24) is 4.98 Å². The summed E-state index contributed by atoms with van der Waals surface area (Å²) in [4.78, 5) is 4.16. The van der Waals surface area contributed by atoms with Gasteiger partial charge in [0.05, 0.1) is 5.69 Å². The highest BCUT2D eigenvalue weighted by atomic mass is 79.9. The monoisotopic (exact) mass is 360 g/mol. The van der Waals surface area contributed by atoms with Crippen LogP contribution in [0.4, 0.5) is 11.5 Å². The van der Waals surface area contributed by atoms with Gasteiger partial charge in [-0.3, -0.25) is 0 Å². The van der Waals surface area contributed by atoms with Crippen LogP contribution < -0.4 is 5.32 Å². The number of pyridine rings is 1. The number of aromatic nitrogens is 1. The first kappa shape index (κ1) is 11.9. The average molecular weight is 362 g/mol. The predicted molar refractivity (Wildman–Crippen MR) is 74.4 cm³/mol. The van der Waals surface area contributed by atoms with Crippen molar-refractivity contribution >= 4 is 55.0 Å². The minimum Gasteiger partial charge on any atom is -0.339 e. The van der Waals surface area contributed by atoms with Crippen LogP contribution in [0.25, 0.3) is 0 Å². The van der Waals surface area contributed by atoms with Gasteiger partial charge in [0, 0.05) is 8.95 Å². The van der Waals surface area contributed by atoms with Gasteiger partial charge in [0.2, 0.25) is 0 Å². The Labute approximate surface area is 115 Å². The third-order valence-electron chi connectivity index (χ3n) is 1.91. The zero-order valence-electron chi connectivity index (χ0n) is 8.05. The van der Waals surface area contributed by atoms with Crippen molar-refractivity contribution in [2.45, 2.75) is 0 Å². The number of rotatable bonds is 2. The van der Waals surface area contributed by atoms with E-state index in [4.69, 9.17) is 11.6 Å². The number of nitrogens with zero attached hydrogens (tertiary/aromatic N) is 1. The summed E-state index contributed by atoms with van der Waals surface area (Å²) in [7, 11) is 0. The molecule has 1 aromatic carbocycles. The minimum atomic E-state index is 0.469. The second-order valence-corrected chi connectivity index (χ2v) is 5.25. The van der Waals surface area contributed by atoms with E-state index in [2.05, 4.69) is 42.2 Å². The van der Waals surface area contributed by atoms with Crippen LogP contribution in [-0.2, 0) is 0 Å². The topological polar surface area (TPSA) is 24.9 Å². The fraction of sp³-hybridized carbons (Fsp3) is 0. The van der Waals surface area contributed by atoms with Crippen LogP contribution in [0.3, 0.4) is 0 Å². The van der Waals surface area contributed by atoms with Crippen molar-refractivity contribution in [3.63, 3.8) is 0 Å². The molecule has 0 saturated carbocycles. The summed E-state index contributed by atoms with van der Waals surface area (Å²) in [6.07, 6.45) is 0. The van der Waals surface area contributed by atoms with E-state index < -0.39 is 0 Å². The number of benzene rings is 1. The SMILES string of the molecule is Clc1cccc(Nc2cc(Br)ccc2Br)n1. The molecule has 1 aromatic heterocycles. The Bertz CT molecular complexity index is 517. The van der Waals surface area contributed by atoms with Crippen LogP contribution in [0.5, 0.6) is 0 Å². The number of halogens is 3. The smallest absolute Gasteiger partial charge is 0.132 e. The Morgan fingerprint density at radius 2 is 1.94 bits per heavy atom. The molecule has 0 aliphatic carbocycles. The molecule has 0 fully saturated rings. The number of hydrogen-bond acceptors (Lipinski definition) is 2. The highest BCUT2D eigenvalue weighted by Crippen LogP contribution is 2.28. The molecule has 16 heavy (non-hydrogen) atoms. The maximum absolute atomic E-state index is 5.81. The molecule has 0 radical (unpaired) electrons. The van der Waals surface area contributed by atoms with Crippen LogP contribution in [0.15, 0.2) is 45.3 Å². The Morgan fingerprint density at radius 3 is 2.69 bits per heavy atom. The molecule has 1 heterocycles. The van der Waals surface area contributed by atoms with Crippen LogP contribution in [0.1, 0.15) is 0 Å². The lowest BCUT2D eigenvalue weighted by Crippen LogP contribution is -1.94. The number of nitrogens with one attached hydrogen (secondary N) is 1. The molecule has 0 spiro atoms. The van der Waals surface area contributed by atoms with Crippen LogP contribution in [0.2, 0.25) is 5.15 Å². The maximum Gasteiger partial charge on any atom is 0.132 e. The molecule has 0 aliphatic rings. The Balaban J connectivity index is 2.30. The normalized spacial score (nSPS) is 10.2. The van der Waals surface area contributed by atoms with Crippen molar-refractivity contribution in [2.24, 2.45) is 0 Å². The standard InChI is InChI=1S/C11H7Br2ClN2/c12-7-4-5-8(13)9(6-7)15-11-3-1-2-10(14)16-11/h1-6H,(H,15,16). The number of hydrogen-bond donors (Lipinski definition) is 1. The van der Waals surface area contributed by atoms with Gasteiger partial charge in [0.15, 0.2) is 0 Å². The first-order valence-electron chi connectivity index (χ1n) is 4.50. The summed E-state index contributed by atoms with van der Waals surface area (Å²) in [5.41, 5.74) is 0.934. The van der Waals surface area contributed by atoms with Crippen molar-refractivity contribution in [3.8, 4) is 0 Å². The van der Waals surface area contributed by atoms with Crippen LogP contribution in [-0.4, -0.2) is 4.98 Å².